The van der Waals surface area contributed by atoms with E-state index in [1.807, 2.05) is 103 Å². The van der Waals surface area contributed by atoms with E-state index in [2.05, 4.69) is 20.9 Å². The molecule has 0 unspecified atom stereocenters. The Morgan fingerprint density at radius 1 is 0.871 bits per heavy atom. The Balaban J connectivity index is 0.00000913. The molecule has 0 spiro atoms. The molecular formula is C52H75ClN8O8S. The van der Waals surface area contributed by atoms with Gasteiger partial charge in [0.05, 0.1) is 47.0 Å². The molecule has 18 heteroatoms. The molecule has 2 saturated heterocycles. The van der Waals surface area contributed by atoms with Crippen LogP contribution in [0.15, 0.2) is 54.0 Å². The van der Waals surface area contributed by atoms with Crippen LogP contribution in [0.3, 0.4) is 0 Å². The number of nitrogens with zero attached hydrogens (tertiary/aromatic N) is 3. The van der Waals surface area contributed by atoms with E-state index in [-0.39, 0.29) is 86.8 Å². The van der Waals surface area contributed by atoms with Gasteiger partial charge in [0, 0.05) is 38.9 Å². The quantitative estimate of drug-likeness (QED) is 0.0700. The van der Waals surface area contributed by atoms with Crippen molar-refractivity contribution in [3.63, 3.8) is 0 Å². The molecule has 0 bridgehead atoms. The summed E-state index contributed by atoms with van der Waals surface area (Å²) in [6.45, 7) is 14.5. The number of thiazole rings is 1. The molecule has 384 valence electrons. The second-order valence-electron chi connectivity index (χ2n) is 20.9. The fourth-order valence-corrected chi connectivity index (χ4v) is 10.4. The van der Waals surface area contributed by atoms with E-state index in [4.69, 9.17) is 16.2 Å². The Kier molecular flexibility index (Phi) is 19.9. The fourth-order valence-electron chi connectivity index (χ4n) is 9.61. The molecule has 1 aliphatic carbocycles. The highest BCUT2D eigenvalue weighted by Crippen LogP contribution is 2.50. The van der Waals surface area contributed by atoms with Crippen LogP contribution in [0, 0.1) is 30.1 Å². The standard InChI is InChI=1S/C52H74N8O8S.ClH/c1-30(2)22-40(53)50(66)60-26-37-23-39(37)45(60)49(65)57-41(20-21-43(54)62)32(4)68-28-35-14-12-33(13-15-35)10-8-9-11-44(63)58-47(52(5,6)7)51(67)59-27-38(61)24-42(59)48(64)55-25-34-16-18-36(19-17-34)46-31(3)56-29-69-46;/h12-19,29-30,32,37-42,45,47,61H,8-11,20-28,53H2,1-7H3,(H2,54,62)(H,55,64)(H,57,65)(H,58,63);1H/t32-,37-,38-,39-,40+,41+,42+,45+,47-;/m1./s1. The van der Waals surface area contributed by atoms with Gasteiger partial charge in [0.25, 0.3) is 0 Å². The lowest BCUT2D eigenvalue weighted by atomic mass is 9.85. The monoisotopic (exact) mass is 1010 g/mol. The topological polar surface area (TPSA) is 239 Å². The summed E-state index contributed by atoms with van der Waals surface area (Å²) < 4.78 is 6.24. The van der Waals surface area contributed by atoms with Gasteiger partial charge in [-0.2, -0.15) is 0 Å². The fraction of sp³-hybridized carbons (Fsp3) is 0.596. The maximum Gasteiger partial charge on any atom is 0.246 e. The number of carbonyl (C=O) groups is 6. The predicted molar refractivity (Wildman–Crippen MR) is 272 cm³/mol. The highest BCUT2D eigenvalue weighted by atomic mass is 35.5. The van der Waals surface area contributed by atoms with E-state index < -0.39 is 59.6 Å². The molecule has 6 amide bonds. The largest absolute Gasteiger partial charge is 0.391 e. The number of likely N-dealkylation sites (tertiary alicyclic amines) is 2. The predicted octanol–water partition coefficient (Wildman–Crippen LogP) is 4.94. The number of nitrogens with two attached hydrogens (primary N) is 2. The van der Waals surface area contributed by atoms with Gasteiger partial charge in [-0.25, -0.2) is 4.98 Å². The van der Waals surface area contributed by atoms with Gasteiger partial charge in [0.1, 0.15) is 18.1 Å². The molecule has 2 aromatic carbocycles. The summed E-state index contributed by atoms with van der Waals surface area (Å²) in [7, 11) is 0. The van der Waals surface area contributed by atoms with Crippen molar-refractivity contribution in [1.29, 1.82) is 0 Å². The van der Waals surface area contributed by atoms with E-state index in [1.165, 1.54) is 4.90 Å². The maximum absolute atomic E-state index is 14.1. The molecule has 1 saturated carbocycles. The zero-order valence-corrected chi connectivity index (χ0v) is 43.4. The summed E-state index contributed by atoms with van der Waals surface area (Å²) >= 11 is 1.57. The van der Waals surface area contributed by atoms with Gasteiger partial charge >= 0.3 is 0 Å². The molecule has 70 heavy (non-hydrogen) atoms. The molecule has 0 radical (unpaired) electrons. The molecule has 1 aromatic heterocycles. The lowest BCUT2D eigenvalue weighted by Crippen LogP contribution is -2.57. The Morgan fingerprint density at radius 2 is 1.54 bits per heavy atom. The lowest BCUT2D eigenvalue weighted by Gasteiger charge is -2.35. The molecule has 8 N–H and O–H groups in total. The Hall–Kier alpha value is -4.94. The lowest BCUT2D eigenvalue weighted by molar-refractivity contribution is -0.144. The first-order valence-corrected chi connectivity index (χ1v) is 25.5. The van der Waals surface area contributed by atoms with Crippen LogP contribution in [0.5, 0.6) is 0 Å². The summed E-state index contributed by atoms with van der Waals surface area (Å²) in [5.41, 5.74) is 17.8. The van der Waals surface area contributed by atoms with E-state index >= 15 is 0 Å². The number of unbranched alkanes of at least 4 members (excludes halogenated alkanes) is 1. The summed E-state index contributed by atoms with van der Waals surface area (Å²) in [5, 5.41) is 19.6. The first-order valence-electron chi connectivity index (χ1n) is 24.6. The average Bonchev–Trinajstić information content (AvgIpc) is 3.54. The number of carbonyl (C=O) groups excluding carboxylic acids is 6. The molecule has 3 fully saturated rings. The summed E-state index contributed by atoms with van der Waals surface area (Å²) in [5.74, 6) is -1.29. The zero-order chi connectivity index (χ0) is 50.2. The number of piperidine rings is 1. The van der Waals surface area contributed by atoms with Crippen LogP contribution < -0.4 is 27.4 Å². The van der Waals surface area contributed by atoms with E-state index in [0.717, 1.165) is 52.1 Å². The highest BCUT2D eigenvalue weighted by Gasteiger charge is 2.57. The third kappa shape index (κ3) is 15.0. The van der Waals surface area contributed by atoms with Gasteiger partial charge in [-0.05, 0) is 97.8 Å². The zero-order valence-electron chi connectivity index (χ0n) is 41.8. The number of benzene rings is 2. The Morgan fingerprint density at radius 3 is 2.17 bits per heavy atom. The van der Waals surface area contributed by atoms with Crippen molar-refractivity contribution < 1.29 is 38.6 Å². The molecule has 9 atom stereocenters. The number of β-amino-alcohol motifs (C(OH)–C–C–N with tert-alkyl or cyclic N) is 1. The van der Waals surface area contributed by atoms with Crippen LogP contribution in [0.4, 0.5) is 0 Å². The Labute approximate surface area is 423 Å². The number of aliphatic hydroxyl groups excluding tert-OH is 1. The number of hydrogen-bond donors (Lipinski definition) is 6. The molecule has 3 aliphatic rings. The van der Waals surface area contributed by atoms with Crippen molar-refractivity contribution in [2.45, 2.75) is 162 Å². The summed E-state index contributed by atoms with van der Waals surface area (Å²) in [6.07, 6.45) is 2.86. The number of nitrogens with one attached hydrogen (secondary N) is 3. The third-order valence-electron chi connectivity index (χ3n) is 13.7. The normalized spacial score (nSPS) is 21.3. The third-order valence-corrected chi connectivity index (χ3v) is 14.7. The van der Waals surface area contributed by atoms with E-state index in [9.17, 15) is 33.9 Å². The summed E-state index contributed by atoms with van der Waals surface area (Å²) in [4.78, 5) is 88.2. The minimum atomic E-state index is -0.904. The molecule has 2 aliphatic heterocycles. The number of primary amides is 1. The SMILES string of the molecule is Cc1ncsc1-c1ccc(CNC(=O)[C@@H]2C[C@@H](O)CN2C(=O)[C@@H](NC(=O)CCCCc2ccc(CO[C@H](C)[C@H](CCC(N)=O)NC(=O)[C@@H]3[C@@H]4C[C@@H]4CN3C(=O)[C@@H](N)CC(C)C)cc2)C(C)(C)C)cc1.Cl. The molecule has 3 aromatic rings. The van der Waals surface area contributed by atoms with Gasteiger partial charge in [-0.3, -0.25) is 28.8 Å². The number of ether oxygens (including phenoxy) is 1. The van der Waals surface area contributed by atoms with Crippen molar-refractivity contribution in [1.82, 2.24) is 30.7 Å². The van der Waals surface area contributed by atoms with Crippen molar-refractivity contribution in [3.05, 3.63) is 76.4 Å². The van der Waals surface area contributed by atoms with E-state index in [0.29, 0.717) is 31.7 Å². The van der Waals surface area contributed by atoms with Crippen molar-refractivity contribution in [3.8, 4) is 10.4 Å². The van der Waals surface area contributed by atoms with Crippen LogP contribution in [0.1, 0.15) is 115 Å². The number of aryl methyl sites for hydroxylation is 2. The number of rotatable bonds is 23. The second-order valence-corrected chi connectivity index (χ2v) is 21.8. The average molecular weight is 1010 g/mol. The van der Waals surface area contributed by atoms with Crippen LogP contribution >= 0.6 is 23.7 Å². The molecule has 3 heterocycles. The van der Waals surface area contributed by atoms with Crippen LogP contribution in [-0.4, -0.2) is 111 Å². The van der Waals surface area contributed by atoms with Crippen LogP contribution in [0.25, 0.3) is 10.4 Å². The number of halogens is 1. The molecule has 16 nitrogen and oxygen atoms in total. The van der Waals surface area contributed by atoms with Crippen LogP contribution in [-0.2, 0) is 53.1 Å². The van der Waals surface area contributed by atoms with Gasteiger partial charge in [-0.15, -0.1) is 23.7 Å². The van der Waals surface area contributed by atoms with E-state index in [1.54, 1.807) is 16.2 Å². The van der Waals surface area contributed by atoms with Gasteiger partial charge in [0.2, 0.25) is 35.4 Å². The van der Waals surface area contributed by atoms with Crippen molar-refractivity contribution in [2.75, 3.05) is 13.1 Å². The summed E-state index contributed by atoms with van der Waals surface area (Å²) in [6, 6.07) is 12.3. The molecular weight excluding hydrogens is 932 g/mol. The number of fused-ring (bicyclic) bond motifs is 1. The number of aliphatic hydroxyl groups is 1. The van der Waals surface area contributed by atoms with Crippen LogP contribution in [0.2, 0.25) is 0 Å². The number of amides is 6. The maximum atomic E-state index is 14.1. The number of aromatic nitrogens is 1. The molecule has 6 rings (SSSR count). The minimum Gasteiger partial charge on any atom is -0.391 e. The first-order chi connectivity index (χ1) is 32.7. The van der Waals surface area contributed by atoms with Gasteiger partial charge in [0.15, 0.2) is 0 Å². The minimum absolute atomic E-state index is 0. The van der Waals surface area contributed by atoms with Gasteiger partial charge in [-0.1, -0.05) is 83.1 Å². The van der Waals surface area contributed by atoms with Crippen molar-refractivity contribution in [2.24, 2.45) is 34.6 Å². The highest BCUT2D eigenvalue weighted by molar-refractivity contribution is 7.13. The smallest absolute Gasteiger partial charge is 0.246 e. The Bertz CT molecular complexity index is 2270. The first kappa shape index (κ1) is 56.0. The number of hydrogen-bond acceptors (Lipinski definition) is 11. The van der Waals surface area contributed by atoms with Gasteiger partial charge < -0.3 is 47.1 Å². The van der Waals surface area contributed by atoms with Crippen molar-refractivity contribution >= 4 is 59.2 Å². The second kappa shape index (κ2) is 24.9.